The number of aryl methyl sites for hydroxylation is 1. The molecular weight excluding hydrogens is 376 g/mol. The van der Waals surface area contributed by atoms with Gasteiger partial charge in [-0.1, -0.05) is 42.5 Å². The lowest BCUT2D eigenvalue weighted by Crippen LogP contribution is -2.18. The molecule has 0 radical (unpaired) electrons. The molecule has 0 saturated carbocycles. The van der Waals surface area contributed by atoms with Crippen LogP contribution in [0.15, 0.2) is 78.9 Å². The van der Waals surface area contributed by atoms with E-state index in [1.807, 2.05) is 85.8 Å². The van der Waals surface area contributed by atoms with Crippen LogP contribution in [0.2, 0.25) is 0 Å². The molecule has 0 amide bonds. The first-order chi connectivity index (χ1) is 13.1. The van der Waals surface area contributed by atoms with E-state index in [9.17, 15) is 0 Å². The maximum atomic E-state index is 5.62. The van der Waals surface area contributed by atoms with E-state index >= 15 is 0 Å². The van der Waals surface area contributed by atoms with E-state index in [0.29, 0.717) is 11.5 Å². The number of rotatable bonds is 4. The summed E-state index contributed by atoms with van der Waals surface area (Å²) in [6.45, 7) is 1.98. The summed E-state index contributed by atoms with van der Waals surface area (Å²) < 4.78 is 11.2. The highest BCUT2D eigenvalue weighted by molar-refractivity contribution is 7.80. The largest absolute Gasteiger partial charge is 0.432 e. The fraction of sp³-hybridized carbons (Fsp3) is 0.0476. The number of nitrogens with one attached hydrogen (secondary N) is 2. The molecule has 136 valence electrons. The van der Waals surface area contributed by atoms with Gasteiger partial charge in [0.25, 0.3) is 10.3 Å². The van der Waals surface area contributed by atoms with Gasteiger partial charge in [-0.05, 0) is 73.3 Å². The molecule has 3 aromatic rings. The van der Waals surface area contributed by atoms with Crippen molar-refractivity contribution in [1.29, 1.82) is 0 Å². The van der Waals surface area contributed by atoms with E-state index in [2.05, 4.69) is 10.6 Å². The van der Waals surface area contributed by atoms with Crippen LogP contribution in [-0.4, -0.2) is 10.3 Å². The van der Waals surface area contributed by atoms with E-state index in [1.54, 1.807) is 0 Å². The lowest BCUT2D eigenvalue weighted by molar-refractivity contribution is 0.563. The second-order valence-electron chi connectivity index (χ2n) is 5.68. The van der Waals surface area contributed by atoms with Crippen molar-refractivity contribution in [3.63, 3.8) is 0 Å². The van der Waals surface area contributed by atoms with Crippen molar-refractivity contribution in [1.82, 2.24) is 0 Å². The Morgan fingerprint density at radius 3 is 1.78 bits per heavy atom. The summed E-state index contributed by atoms with van der Waals surface area (Å²) in [6, 6.07) is 24.5. The van der Waals surface area contributed by atoms with Gasteiger partial charge in [-0.15, -0.1) is 0 Å². The normalized spacial score (nSPS) is 9.96. The number of hydrogen-bond donors (Lipinski definition) is 2. The number of para-hydroxylation sites is 2. The number of hydrogen-bond acceptors (Lipinski definition) is 4. The van der Waals surface area contributed by atoms with E-state index in [4.69, 9.17) is 33.9 Å². The Labute approximate surface area is 169 Å². The molecule has 0 aliphatic heterocycles. The zero-order valence-corrected chi connectivity index (χ0v) is 16.3. The van der Waals surface area contributed by atoms with Crippen LogP contribution in [0.5, 0.6) is 11.5 Å². The summed E-state index contributed by atoms with van der Waals surface area (Å²) in [5.41, 5.74) is 2.63. The highest BCUT2D eigenvalue weighted by Gasteiger charge is 2.07. The molecule has 2 N–H and O–H groups in total. The molecule has 0 aliphatic rings. The summed E-state index contributed by atoms with van der Waals surface area (Å²) in [6.07, 6.45) is 0. The molecule has 0 aromatic heterocycles. The topological polar surface area (TPSA) is 42.5 Å². The molecule has 0 atom stereocenters. The van der Waals surface area contributed by atoms with Gasteiger partial charge >= 0.3 is 0 Å². The first kappa shape index (κ1) is 18.8. The first-order valence-corrected chi connectivity index (χ1v) is 9.10. The van der Waals surface area contributed by atoms with Crippen LogP contribution in [0.4, 0.5) is 11.4 Å². The summed E-state index contributed by atoms with van der Waals surface area (Å²) in [5, 5.41) is 6.70. The van der Waals surface area contributed by atoms with Crippen LogP contribution in [0.25, 0.3) is 0 Å². The Kier molecular flexibility index (Phi) is 6.35. The molecule has 0 saturated heterocycles. The lowest BCUT2D eigenvalue weighted by Gasteiger charge is -2.14. The van der Waals surface area contributed by atoms with E-state index < -0.39 is 0 Å². The molecule has 3 rings (SSSR count). The number of anilines is 2. The molecule has 27 heavy (non-hydrogen) atoms. The van der Waals surface area contributed by atoms with Gasteiger partial charge in [-0.3, -0.25) is 0 Å². The molecule has 6 heteroatoms. The fourth-order valence-electron chi connectivity index (χ4n) is 2.30. The van der Waals surface area contributed by atoms with Crippen LogP contribution in [0.1, 0.15) is 5.56 Å². The minimum Gasteiger partial charge on any atom is -0.432 e. The summed E-state index contributed by atoms with van der Waals surface area (Å²) in [4.78, 5) is 0. The molecule has 0 fully saturated rings. The molecule has 0 aliphatic carbocycles. The molecular formula is C21H18N2O2S2. The summed E-state index contributed by atoms with van der Waals surface area (Å²) >= 11 is 10.6. The predicted octanol–water partition coefficient (Wildman–Crippen LogP) is 5.55. The zero-order chi connectivity index (χ0) is 19.1. The van der Waals surface area contributed by atoms with Crippen LogP contribution < -0.4 is 20.1 Å². The minimum atomic E-state index is 0.263. The maximum absolute atomic E-state index is 5.62. The van der Waals surface area contributed by atoms with Crippen molar-refractivity contribution < 1.29 is 9.47 Å². The summed E-state index contributed by atoms with van der Waals surface area (Å²) in [5.74, 6) is 1.36. The Hall–Kier alpha value is -2.96. The van der Waals surface area contributed by atoms with Crippen molar-refractivity contribution in [2.45, 2.75) is 6.92 Å². The van der Waals surface area contributed by atoms with Crippen molar-refractivity contribution in [3.8, 4) is 11.5 Å². The quantitative estimate of drug-likeness (QED) is 0.566. The molecule has 0 spiro atoms. The minimum absolute atomic E-state index is 0.263. The second kappa shape index (κ2) is 9.12. The van der Waals surface area contributed by atoms with Crippen LogP contribution >= 0.6 is 24.4 Å². The van der Waals surface area contributed by atoms with Crippen molar-refractivity contribution >= 4 is 46.2 Å². The molecule has 4 nitrogen and oxygen atoms in total. The van der Waals surface area contributed by atoms with Crippen molar-refractivity contribution in [2.24, 2.45) is 0 Å². The van der Waals surface area contributed by atoms with Gasteiger partial charge in [-0.25, -0.2) is 0 Å². The fourth-order valence-corrected chi connectivity index (χ4v) is 2.72. The van der Waals surface area contributed by atoms with Crippen molar-refractivity contribution in [2.75, 3.05) is 10.6 Å². The highest BCUT2D eigenvalue weighted by Crippen LogP contribution is 2.22. The Morgan fingerprint density at radius 1 is 0.704 bits per heavy atom. The first-order valence-electron chi connectivity index (χ1n) is 8.28. The lowest BCUT2D eigenvalue weighted by atomic mass is 10.2. The molecule has 0 heterocycles. The number of thiocarbonyl (C=S) groups is 2. The van der Waals surface area contributed by atoms with Crippen LogP contribution in [-0.2, 0) is 0 Å². The predicted molar refractivity (Wildman–Crippen MR) is 118 cm³/mol. The van der Waals surface area contributed by atoms with Gasteiger partial charge < -0.3 is 20.1 Å². The van der Waals surface area contributed by atoms with Gasteiger partial charge in [0, 0.05) is 11.4 Å². The number of benzene rings is 3. The van der Waals surface area contributed by atoms with Gasteiger partial charge in [0.1, 0.15) is 11.5 Å². The van der Waals surface area contributed by atoms with Gasteiger partial charge in [0.15, 0.2) is 0 Å². The third kappa shape index (κ3) is 5.77. The standard InChI is InChI=1S/C21H18N2O2S2/c1-15-12-13-16(22-20(26)24-17-8-4-2-5-9-17)14-19(15)23-21(27)25-18-10-6-3-7-11-18/h2-14H,1H3,(H,22,26)(H,23,27). The SMILES string of the molecule is Cc1ccc(NC(=S)Oc2ccccc2)cc1NC(=S)Oc1ccccc1. The van der Waals surface area contributed by atoms with E-state index in [-0.39, 0.29) is 10.3 Å². The maximum Gasteiger partial charge on any atom is 0.266 e. The smallest absolute Gasteiger partial charge is 0.266 e. The van der Waals surface area contributed by atoms with Gasteiger partial charge in [0.2, 0.25) is 0 Å². The van der Waals surface area contributed by atoms with Gasteiger partial charge in [0.05, 0.1) is 0 Å². The third-order valence-corrected chi connectivity index (χ3v) is 4.00. The van der Waals surface area contributed by atoms with Crippen LogP contribution in [0, 0.1) is 6.92 Å². The number of ether oxygens (including phenoxy) is 2. The van der Waals surface area contributed by atoms with Crippen molar-refractivity contribution in [3.05, 3.63) is 84.4 Å². The molecule has 3 aromatic carbocycles. The average Bonchev–Trinajstić information content (AvgIpc) is 2.66. The Bertz CT molecular complexity index is 931. The van der Waals surface area contributed by atoms with Gasteiger partial charge in [-0.2, -0.15) is 0 Å². The molecule has 0 unspecified atom stereocenters. The monoisotopic (exact) mass is 394 g/mol. The zero-order valence-electron chi connectivity index (χ0n) is 14.6. The van der Waals surface area contributed by atoms with E-state index in [0.717, 1.165) is 16.9 Å². The summed E-state index contributed by atoms with van der Waals surface area (Å²) in [7, 11) is 0. The highest BCUT2D eigenvalue weighted by atomic mass is 32.1. The second-order valence-corrected chi connectivity index (χ2v) is 6.43. The van der Waals surface area contributed by atoms with E-state index in [1.165, 1.54) is 0 Å². The van der Waals surface area contributed by atoms with Crippen LogP contribution in [0.3, 0.4) is 0 Å². The third-order valence-electron chi connectivity index (χ3n) is 3.63. The molecule has 0 bridgehead atoms. The Morgan fingerprint density at radius 2 is 1.22 bits per heavy atom. The average molecular weight is 395 g/mol. The Balaban J connectivity index is 1.63.